The molecule has 1 aliphatic heterocycles. The molecule has 0 spiro atoms. The van der Waals surface area contributed by atoms with Crippen LogP contribution >= 0.6 is 0 Å². The summed E-state index contributed by atoms with van der Waals surface area (Å²) in [6.45, 7) is 3.54. The van der Waals surface area contributed by atoms with E-state index < -0.39 is 0 Å². The second-order valence-electron chi connectivity index (χ2n) is 3.01. The fourth-order valence-electron chi connectivity index (χ4n) is 1.38. The molecule has 1 aliphatic rings. The molecule has 4 nitrogen and oxygen atoms in total. The Morgan fingerprint density at radius 2 is 2.08 bits per heavy atom. The van der Waals surface area contributed by atoms with E-state index in [2.05, 4.69) is 9.99 Å². The van der Waals surface area contributed by atoms with Gasteiger partial charge in [-0.15, -0.1) is 0 Å². The Morgan fingerprint density at radius 3 is 2.50 bits per heavy atom. The molecule has 1 N–H and O–H groups in total. The van der Waals surface area contributed by atoms with Crippen LogP contribution in [0.25, 0.3) is 0 Å². The molecular formula is C7H15BN2O2. The molecule has 68 valence electrons. The van der Waals surface area contributed by atoms with Crippen LogP contribution in [0, 0.1) is 0 Å². The third kappa shape index (κ3) is 2.50. The van der Waals surface area contributed by atoms with Crippen molar-refractivity contribution in [1.29, 1.82) is 0 Å². The van der Waals surface area contributed by atoms with Crippen LogP contribution in [0.1, 0.15) is 12.8 Å². The maximum Gasteiger partial charge on any atom is 0.376 e. The highest BCUT2D eigenvalue weighted by molar-refractivity contribution is 6.45. The normalized spacial score (nSPS) is 19.1. The van der Waals surface area contributed by atoms with Crippen LogP contribution in [0.15, 0.2) is 5.16 Å². The van der Waals surface area contributed by atoms with Crippen LogP contribution in [0.2, 0.25) is 6.82 Å². The first-order valence-corrected chi connectivity index (χ1v) is 4.25. The van der Waals surface area contributed by atoms with Gasteiger partial charge in [0.25, 0.3) is 0 Å². The molecule has 0 amide bonds. The summed E-state index contributed by atoms with van der Waals surface area (Å²) in [5.41, 5.74) is 1.09. The van der Waals surface area contributed by atoms with Gasteiger partial charge in [-0.1, -0.05) is 5.16 Å². The van der Waals surface area contributed by atoms with Crippen molar-refractivity contribution >= 4 is 12.8 Å². The molecule has 1 saturated heterocycles. The Balaban J connectivity index is 2.34. The summed E-state index contributed by atoms with van der Waals surface area (Å²) in [4.78, 5) is 6.71. The molecule has 5 heteroatoms. The molecule has 0 aromatic heterocycles. The summed E-state index contributed by atoms with van der Waals surface area (Å²) < 4.78 is 0. The number of piperidine rings is 1. The molecule has 0 unspecified atom stereocenters. The van der Waals surface area contributed by atoms with Gasteiger partial charge in [0.15, 0.2) is 0 Å². The first-order chi connectivity index (χ1) is 5.74. The van der Waals surface area contributed by atoms with Gasteiger partial charge < -0.3 is 14.7 Å². The summed E-state index contributed by atoms with van der Waals surface area (Å²) in [5.74, 6) is 0. The van der Waals surface area contributed by atoms with Gasteiger partial charge in [0, 0.05) is 12.8 Å². The van der Waals surface area contributed by atoms with Crippen molar-refractivity contribution in [2.45, 2.75) is 19.7 Å². The van der Waals surface area contributed by atoms with Crippen molar-refractivity contribution in [2.24, 2.45) is 5.16 Å². The van der Waals surface area contributed by atoms with Gasteiger partial charge in [-0.25, -0.2) is 0 Å². The van der Waals surface area contributed by atoms with E-state index in [1.54, 1.807) is 13.9 Å². The maximum atomic E-state index is 9.25. The van der Waals surface area contributed by atoms with Gasteiger partial charge in [-0.3, -0.25) is 0 Å². The van der Waals surface area contributed by atoms with E-state index in [1.165, 1.54) is 0 Å². The highest BCUT2D eigenvalue weighted by Crippen LogP contribution is 2.08. The van der Waals surface area contributed by atoms with Gasteiger partial charge in [0.05, 0.1) is 5.71 Å². The summed E-state index contributed by atoms with van der Waals surface area (Å²) in [5, 5.41) is 13.1. The fourth-order valence-corrected chi connectivity index (χ4v) is 1.38. The van der Waals surface area contributed by atoms with Crippen molar-refractivity contribution in [2.75, 3.05) is 20.2 Å². The van der Waals surface area contributed by atoms with E-state index in [0.29, 0.717) is 0 Å². The van der Waals surface area contributed by atoms with Crippen LogP contribution in [-0.2, 0) is 4.84 Å². The number of rotatable bonds is 2. The number of nitrogens with zero attached hydrogens (tertiary/aromatic N) is 2. The van der Waals surface area contributed by atoms with E-state index >= 15 is 0 Å². The van der Waals surface area contributed by atoms with E-state index in [1.807, 2.05) is 4.81 Å². The van der Waals surface area contributed by atoms with Crippen LogP contribution in [0.4, 0.5) is 0 Å². The fraction of sp³-hybridized carbons (Fsp3) is 0.857. The van der Waals surface area contributed by atoms with Crippen LogP contribution < -0.4 is 0 Å². The van der Waals surface area contributed by atoms with E-state index in [-0.39, 0.29) is 7.05 Å². The van der Waals surface area contributed by atoms with E-state index in [0.717, 1.165) is 31.6 Å². The highest BCUT2D eigenvalue weighted by atomic mass is 16.6. The molecule has 0 atom stereocenters. The highest BCUT2D eigenvalue weighted by Gasteiger charge is 2.21. The minimum atomic E-state index is -0.339. The summed E-state index contributed by atoms with van der Waals surface area (Å²) in [6.07, 6.45) is 1.80. The lowest BCUT2D eigenvalue weighted by molar-refractivity contribution is 0.209. The van der Waals surface area contributed by atoms with Gasteiger partial charge in [0.2, 0.25) is 0 Å². The first kappa shape index (κ1) is 9.54. The van der Waals surface area contributed by atoms with Crippen molar-refractivity contribution in [1.82, 2.24) is 4.81 Å². The summed E-state index contributed by atoms with van der Waals surface area (Å²) >= 11 is 0. The average Bonchev–Trinajstić information content (AvgIpc) is 2.06. The SMILES string of the molecule is CON=C1CCN(B(C)O)CC1. The molecule has 1 rings (SSSR count). The minimum absolute atomic E-state index is 0.339. The standard InChI is InChI=1S/C7H15BN2O2/c1-8(11)10-5-3-7(4-6-10)9-12-2/h11H,3-6H2,1-2H3. The van der Waals surface area contributed by atoms with Gasteiger partial charge in [-0.2, -0.15) is 0 Å². The maximum absolute atomic E-state index is 9.25. The molecule has 1 fully saturated rings. The topological polar surface area (TPSA) is 45.1 Å². The lowest BCUT2D eigenvalue weighted by Gasteiger charge is -2.27. The lowest BCUT2D eigenvalue weighted by Crippen LogP contribution is -2.43. The smallest absolute Gasteiger partial charge is 0.376 e. The molecule has 0 bridgehead atoms. The molecule has 0 radical (unpaired) electrons. The molecule has 0 aromatic rings. The van der Waals surface area contributed by atoms with Crippen LogP contribution in [0.5, 0.6) is 0 Å². The Labute approximate surface area is 73.3 Å². The average molecular weight is 170 g/mol. The largest absolute Gasteiger partial charge is 0.437 e. The third-order valence-electron chi connectivity index (χ3n) is 2.12. The Bertz CT molecular complexity index is 163. The lowest BCUT2D eigenvalue weighted by atomic mass is 9.83. The number of hydrogen-bond acceptors (Lipinski definition) is 4. The van der Waals surface area contributed by atoms with E-state index in [9.17, 15) is 5.02 Å². The minimum Gasteiger partial charge on any atom is -0.437 e. The number of hydrogen-bond donors (Lipinski definition) is 1. The predicted molar refractivity (Wildman–Crippen MR) is 49.1 cm³/mol. The monoisotopic (exact) mass is 170 g/mol. The predicted octanol–water partition coefficient (Wildman–Crippen LogP) is 0.195. The second-order valence-corrected chi connectivity index (χ2v) is 3.01. The molecule has 1 heterocycles. The quantitative estimate of drug-likeness (QED) is 0.475. The zero-order valence-electron chi connectivity index (χ0n) is 7.66. The van der Waals surface area contributed by atoms with Crippen LogP contribution in [0.3, 0.4) is 0 Å². The second kappa shape index (κ2) is 4.47. The molecular weight excluding hydrogens is 155 g/mol. The molecule has 0 saturated carbocycles. The van der Waals surface area contributed by atoms with Gasteiger partial charge in [-0.05, 0) is 19.9 Å². The van der Waals surface area contributed by atoms with Crippen molar-refractivity contribution in [3.05, 3.63) is 0 Å². The molecule has 0 aliphatic carbocycles. The van der Waals surface area contributed by atoms with Crippen molar-refractivity contribution < 1.29 is 9.86 Å². The Hall–Kier alpha value is -0.545. The Kier molecular flexibility index (Phi) is 3.56. The first-order valence-electron chi connectivity index (χ1n) is 4.25. The third-order valence-corrected chi connectivity index (χ3v) is 2.12. The van der Waals surface area contributed by atoms with Crippen molar-refractivity contribution in [3.8, 4) is 0 Å². The zero-order chi connectivity index (χ0) is 8.97. The zero-order valence-corrected chi connectivity index (χ0v) is 7.66. The van der Waals surface area contributed by atoms with Gasteiger partial charge >= 0.3 is 7.05 Å². The molecule has 0 aromatic carbocycles. The number of oxime groups is 1. The van der Waals surface area contributed by atoms with E-state index in [4.69, 9.17) is 0 Å². The molecule has 12 heavy (non-hydrogen) atoms. The Morgan fingerprint density at radius 1 is 1.50 bits per heavy atom. The summed E-state index contributed by atoms with van der Waals surface area (Å²) in [7, 11) is 1.22. The van der Waals surface area contributed by atoms with Crippen LogP contribution in [-0.4, -0.2) is 42.8 Å². The van der Waals surface area contributed by atoms with Crippen molar-refractivity contribution in [3.63, 3.8) is 0 Å². The van der Waals surface area contributed by atoms with Gasteiger partial charge in [0.1, 0.15) is 7.11 Å². The summed E-state index contributed by atoms with van der Waals surface area (Å²) in [6, 6.07) is 0.